The van der Waals surface area contributed by atoms with E-state index in [1.165, 1.54) is 15.5 Å². The lowest BCUT2D eigenvalue weighted by Crippen LogP contribution is -2.41. The van der Waals surface area contributed by atoms with Crippen molar-refractivity contribution in [2.75, 3.05) is 10.6 Å². The zero-order valence-corrected chi connectivity index (χ0v) is 19.4. The molecule has 0 spiro atoms. The number of nitrogen functional groups attached to an aromatic ring is 1. The third-order valence-corrected chi connectivity index (χ3v) is 6.53. The molecule has 3 N–H and O–H groups in total. The second-order valence-electron chi connectivity index (χ2n) is 8.95. The number of halogens is 1. The van der Waals surface area contributed by atoms with E-state index in [-0.39, 0.29) is 42.2 Å². The Morgan fingerprint density at radius 1 is 0.944 bits per heavy atom. The van der Waals surface area contributed by atoms with Crippen molar-refractivity contribution in [1.29, 1.82) is 0 Å². The maximum absolute atomic E-state index is 14.4. The number of amides is 1. The normalized spacial score (nSPS) is 16.5. The lowest BCUT2D eigenvalue weighted by atomic mass is 10.1. The molecule has 0 aliphatic heterocycles. The van der Waals surface area contributed by atoms with Gasteiger partial charge in [0.2, 0.25) is 5.91 Å². The highest BCUT2D eigenvalue weighted by Crippen LogP contribution is 2.49. The first-order valence-corrected chi connectivity index (χ1v) is 11.7. The molecule has 1 fully saturated rings. The zero-order valence-electron chi connectivity index (χ0n) is 19.4. The molecule has 5 rings (SSSR count). The van der Waals surface area contributed by atoms with Gasteiger partial charge in [0.1, 0.15) is 11.6 Å². The number of carbonyl (C=O) groups excluding carboxylic acids is 1. The number of hydrogen-bond acceptors (Lipinski definition) is 4. The Morgan fingerprint density at radius 3 is 2.22 bits per heavy atom. The lowest BCUT2D eigenvalue weighted by molar-refractivity contribution is -0.120. The monoisotopic (exact) mass is 484 g/mol. The summed E-state index contributed by atoms with van der Waals surface area (Å²) in [5, 5.41) is 0. The Hall–Kier alpha value is -4.46. The molecule has 1 amide bonds. The van der Waals surface area contributed by atoms with Crippen LogP contribution in [-0.2, 0) is 17.9 Å². The van der Waals surface area contributed by atoms with Crippen LogP contribution in [0, 0.1) is 11.7 Å². The fourth-order valence-electron chi connectivity index (χ4n) is 4.58. The predicted molar refractivity (Wildman–Crippen MR) is 136 cm³/mol. The summed E-state index contributed by atoms with van der Waals surface area (Å²) in [6, 6.07) is 24.8. The van der Waals surface area contributed by atoms with Crippen molar-refractivity contribution in [3.8, 4) is 0 Å². The number of rotatable bonds is 7. The van der Waals surface area contributed by atoms with E-state index in [0.29, 0.717) is 12.0 Å². The minimum atomic E-state index is -0.741. The van der Waals surface area contributed by atoms with Gasteiger partial charge in [-0.2, -0.15) is 0 Å². The maximum atomic E-state index is 14.4. The molecule has 182 valence electrons. The predicted octanol–water partition coefficient (Wildman–Crippen LogP) is 3.64. The summed E-state index contributed by atoms with van der Waals surface area (Å²) in [6.45, 7) is 0.209. The third kappa shape index (κ3) is 4.57. The van der Waals surface area contributed by atoms with Crippen LogP contribution in [0.1, 0.15) is 29.0 Å². The van der Waals surface area contributed by atoms with E-state index in [2.05, 4.69) is 4.98 Å². The highest BCUT2D eigenvalue weighted by molar-refractivity contribution is 5.99. The van der Waals surface area contributed by atoms with E-state index in [1.807, 2.05) is 60.7 Å². The van der Waals surface area contributed by atoms with Gasteiger partial charge in [0.15, 0.2) is 5.69 Å². The molecule has 2 unspecified atom stereocenters. The van der Waals surface area contributed by atoms with Crippen molar-refractivity contribution in [3.05, 3.63) is 128 Å². The maximum Gasteiger partial charge on any atom is 0.330 e. The molecule has 7 nitrogen and oxygen atoms in total. The quantitative estimate of drug-likeness (QED) is 0.418. The minimum Gasteiger partial charge on any atom is -0.383 e. The molecule has 0 radical (unpaired) electrons. The van der Waals surface area contributed by atoms with Crippen LogP contribution in [0.15, 0.2) is 94.5 Å². The van der Waals surface area contributed by atoms with Crippen LogP contribution < -0.4 is 21.9 Å². The number of anilines is 2. The number of nitrogens with zero attached hydrogens (tertiary/aromatic N) is 2. The van der Waals surface area contributed by atoms with Gasteiger partial charge >= 0.3 is 5.69 Å². The minimum absolute atomic E-state index is 0.0803. The van der Waals surface area contributed by atoms with Crippen molar-refractivity contribution < 1.29 is 9.18 Å². The number of aromatic amines is 1. The van der Waals surface area contributed by atoms with Gasteiger partial charge in [0.05, 0.1) is 13.1 Å². The number of nitrogens with two attached hydrogens (primary N) is 1. The van der Waals surface area contributed by atoms with Gasteiger partial charge < -0.3 is 5.73 Å². The average molecular weight is 485 g/mol. The van der Waals surface area contributed by atoms with Crippen LogP contribution in [0.4, 0.5) is 15.9 Å². The highest BCUT2D eigenvalue weighted by atomic mass is 19.1. The second-order valence-corrected chi connectivity index (χ2v) is 8.95. The smallest absolute Gasteiger partial charge is 0.330 e. The van der Waals surface area contributed by atoms with E-state index >= 15 is 0 Å². The zero-order chi connectivity index (χ0) is 25.2. The largest absolute Gasteiger partial charge is 0.383 e. The van der Waals surface area contributed by atoms with E-state index in [9.17, 15) is 18.8 Å². The average Bonchev–Trinajstić information content (AvgIpc) is 3.68. The molecule has 0 bridgehead atoms. The molecule has 36 heavy (non-hydrogen) atoms. The summed E-state index contributed by atoms with van der Waals surface area (Å²) in [4.78, 5) is 43.1. The van der Waals surface area contributed by atoms with Gasteiger partial charge in [-0.15, -0.1) is 0 Å². The molecular weight excluding hydrogens is 459 g/mol. The molecule has 8 heteroatoms. The molecular formula is C28H25FN4O3. The van der Waals surface area contributed by atoms with Crippen LogP contribution in [0.25, 0.3) is 0 Å². The molecule has 3 aromatic carbocycles. The number of H-pyrrole nitrogens is 1. The van der Waals surface area contributed by atoms with Gasteiger partial charge in [-0.1, -0.05) is 78.9 Å². The van der Waals surface area contributed by atoms with Gasteiger partial charge in [-0.3, -0.25) is 24.0 Å². The van der Waals surface area contributed by atoms with E-state index < -0.39 is 17.2 Å². The molecule has 4 aromatic rings. The van der Waals surface area contributed by atoms with Gasteiger partial charge in [0, 0.05) is 5.92 Å². The number of benzene rings is 3. The number of carbonyl (C=O) groups is 1. The van der Waals surface area contributed by atoms with Crippen molar-refractivity contribution in [3.63, 3.8) is 0 Å². The first-order valence-electron chi connectivity index (χ1n) is 11.7. The van der Waals surface area contributed by atoms with Crippen LogP contribution in [0.5, 0.6) is 0 Å². The van der Waals surface area contributed by atoms with Crippen LogP contribution in [0.2, 0.25) is 0 Å². The van der Waals surface area contributed by atoms with Gasteiger partial charge in [0.25, 0.3) is 5.56 Å². The van der Waals surface area contributed by atoms with E-state index in [4.69, 9.17) is 5.73 Å². The fourth-order valence-corrected chi connectivity index (χ4v) is 4.58. The first-order chi connectivity index (χ1) is 17.4. The molecule has 1 aliphatic rings. The first kappa shape index (κ1) is 23.3. The van der Waals surface area contributed by atoms with Crippen molar-refractivity contribution >= 4 is 17.4 Å². The van der Waals surface area contributed by atoms with Gasteiger partial charge in [-0.05, 0) is 35.1 Å². The number of hydrogen-bond donors (Lipinski definition) is 2. The fraction of sp³-hybridized carbons (Fsp3) is 0.179. The Morgan fingerprint density at radius 2 is 1.56 bits per heavy atom. The summed E-state index contributed by atoms with van der Waals surface area (Å²) in [7, 11) is 0. The Balaban J connectivity index is 1.55. The molecule has 1 saturated carbocycles. The molecule has 0 saturated heterocycles. The standard InChI is InChI=1S/C28H25FN4O3/c29-23-14-8-7-13-20(23)21-15-22(21)27(35)32(16-18-9-3-1-4-10-18)24-25(30)33(28(36)31-26(24)34)17-19-11-5-2-6-12-19/h1-14,21-22H,15-17,30H2,(H,31,34,36). The van der Waals surface area contributed by atoms with E-state index in [1.54, 1.807) is 18.2 Å². The Kier molecular flexibility index (Phi) is 6.25. The molecule has 2 atom stereocenters. The second kappa shape index (κ2) is 9.65. The summed E-state index contributed by atoms with van der Waals surface area (Å²) in [5.74, 6) is -1.58. The van der Waals surface area contributed by atoms with E-state index in [0.717, 1.165) is 11.1 Å². The summed E-state index contributed by atoms with van der Waals surface area (Å²) < 4.78 is 15.6. The number of aromatic nitrogens is 2. The van der Waals surface area contributed by atoms with Crippen LogP contribution in [-0.4, -0.2) is 15.5 Å². The Bertz CT molecular complexity index is 1520. The summed E-state index contributed by atoms with van der Waals surface area (Å²) >= 11 is 0. The highest BCUT2D eigenvalue weighted by Gasteiger charge is 2.47. The lowest BCUT2D eigenvalue weighted by Gasteiger charge is -2.25. The van der Waals surface area contributed by atoms with Crippen LogP contribution in [0.3, 0.4) is 0 Å². The SMILES string of the molecule is Nc1c(N(Cc2ccccc2)C(=O)C2CC2c2ccccc2F)c(=O)[nH]c(=O)n1Cc1ccccc1. The summed E-state index contributed by atoms with van der Waals surface area (Å²) in [5.41, 5.74) is 7.00. The van der Waals surface area contributed by atoms with Crippen molar-refractivity contribution in [1.82, 2.24) is 9.55 Å². The molecule has 1 aliphatic carbocycles. The van der Waals surface area contributed by atoms with Crippen LogP contribution >= 0.6 is 0 Å². The van der Waals surface area contributed by atoms with Gasteiger partial charge in [-0.25, -0.2) is 9.18 Å². The Labute approximate surface area is 206 Å². The van der Waals surface area contributed by atoms with Crippen molar-refractivity contribution in [2.24, 2.45) is 5.92 Å². The summed E-state index contributed by atoms with van der Waals surface area (Å²) in [6.07, 6.45) is 0.465. The molecule has 1 heterocycles. The topological polar surface area (TPSA) is 101 Å². The molecule has 1 aromatic heterocycles. The van der Waals surface area contributed by atoms with Crippen molar-refractivity contribution in [2.45, 2.75) is 25.4 Å². The third-order valence-electron chi connectivity index (χ3n) is 6.53. The number of nitrogens with one attached hydrogen (secondary N) is 1.